The quantitative estimate of drug-likeness (QED) is 0.322. The molecule has 0 aliphatic rings. The molecule has 146 valence electrons. The van der Waals surface area contributed by atoms with Crippen LogP contribution in [0.5, 0.6) is 0 Å². The van der Waals surface area contributed by atoms with E-state index in [-0.39, 0.29) is 35.7 Å². The highest BCUT2D eigenvalue weighted by Gasteiger charge is 2.05. The van der Waals surface area contributed by atoms with Crippen molar-refractivity contribution in [2.75, 3.05) is 27.2 Å². The molecule has 7 heteroatoms. The van der Waals surface area contributed by atoms with Gasteiger partial charge in [0.05, 0.1) is 0 Å². The average Bonchev–Trinajstić information content (AvgIpc) is 2.67. The van der Waals surface area contributed by atoms with Gasteiger partial charge in [-0.1, -0.05) is 30.3 Å². The van der Waals surface area contributed by atoms with Crippen molar-refractivity contribution in [1.82, 2.24) is 16.0 Å². The zero-order valence-corrected chi connectivity index (χ0v) is 17.9. The number of nitrogens with one attached hydrogen (secondary N) is 3. The zero-order chi connectivity index (χ0) is 18.8. The molecule has 0 radical (unpaired) electrons. The Hall–Kier alpha value is -2.16. The van der Waals surface area contributed by atoms with Gasteiger partial charge in [-0.2, -0.15) is 0 Å². The van der Waals surface area contributed by atoms with Crippen LogP contribution in [0.2, 0.25) is 0 Å². The van der Waals surface area contributed by atoms with Crippen LogP contribution in [0.25, 0.3) is 0 Å². The summed E-state index contributed by atoms with van der Waals surface area (Å²) in [5.41, 5.74) is 2.40. The fourth-order valence-electron chi connectivity index (χ4n) is 2.57. The van der Waals surface area contributed by atoms with Gasteiger partial charge in [0.25, 0.3) is 5.91 Å². The summed E-state index contributed by atoms with van der Waals surface area (Å²) in [4.78, 5) is 15.8. The van der Waals surface area contributed by atoms with Crippen LogP contribution in [-0.2, 0) is 12.8 Å². The standard InChI is InChI=1S/C20H25FN4O.HI/c1-22-19(26)17-8-5-6-15(14-17)10-12-24-20(23-2)25-13-11-16-7-3-4-9-18(16)21;/h3-9,14H,10-13H2,1-2H3,(H,22,26)(H2,23,24,25);1H. The van der Waals surface area contributed by atoms with E-state index in [0.717, 1.165) is 12.0 Å². The van der Waals surface area contributed by atoms with Crippen molar-refractivity contribution in [1.29, 1.82) is 0 Å². The molecule has 0 aliphatic carbocycles. The Bertz CT molecular complexity index is 767. The number of benzene rings is 2. The molecule has 2 aromatic carbocycles. The molecule has 0 fully saturated rings. The van der Waals surface area contributed by atoms with Crippen molar-refractivity contribution in [3.8, 4) is 0 Å². The Balaban J connectivity index is 0.00000364. The van der Waals surface area contributed by atoms with Gasteiger partial charge < -0.3 is 16.0 Å². The van der Waals surface area contributed by atoms with E-state index in [1.807, 2.05) is 24.3 Å². The SMILES string of the molecule is CN=C(NCCc1cccc(C(=O)NC)c1)NCCc1ccccc1F.I. The van der Waals surface area contributed by atoms with Gasteiger partial charge in [-0.15, -0.1) is 24.0 Å². The lowest BCUT2D eigenvalue weighted by Crippen LogP contribution is -2.39. The number of hydrogen-bond donors (Lipinski definition) is 3. The number of aliphatic imine (C=N–C) groups is 1. The molecule has 0 aromatic heterocycles. The molecule has 0 heterocycles. The summed E-state index contributed by atoms with van der Waals surface area (Å²) >= 11 is 0. The van der Waals surface area contributed by atoms with E-state index < -0.39 is 0 Å². The Morgan fingerprint density at radius 1 is 1.04 bits per heavy atom. The molecule has 3 N–H and O–H groups in total. The second kappa shape index (κ2) is 12.3. The van der Waals surface area contributed by atoms with Crippen LogP contribution >= 0.6 is 24.0 Å². The van der Waals surface area contributed by atoms with E-state index in [4.69, 9.17) is 0 Å². The van der Waals surface area contributed by atoms with Gasteiger partial charge in [-0.3, -0.25) is 9.79 Å². The molecule has 0 spiro atoms. The van der Waals surface area contributed by atoms with E-state index >= 15 is 0 Å². The average molecular weight is 484 g/mol. The van der Waals surface area contributed by atoms with E-state index in [1.165, 1.54) is 6.07 Å². The van der Waals surface area contributed by atoms with Crippen molar-refractivity contribution in [2.45, 2.75) is 12.8 Å². The predicted molar refractivity (Wildman–Crippen MR) is 118 cm³/mol. The van der Waals surface area contributed by atoms with Gasteiger partial charge in [0, 0.05) is 32.7 Å². The molecule has 0 atom stereocenters. The molecule has 27 heavy (non-hydrogen) atoms. The van der Waals surface area contributed by atoms with Gasteiger partial charge in [0.1, 0.15) is 5.82 Å². The maximum atomic E-state index is 13.6. The molecule has 2 rings (SSSR count). The van der Waals surface area contributed by atoms with E-state index in [0.29, 0.717) is 36.6 Å². The third kappa shape index (κ3) is 7.54. The highest BCUT2D eigenvalue weighted by molar-refractivity contribution is 14.0. The summed E-state index contributed by atoms with van der Waals surface area (Å²) in [5, 5.41) is 9.03. The highest BCUT2D eigenvalue weighted by atomic mass is 127. The number of halogens is 2. The fourth-order valence-corrected chi connectivity index (χ4v) is 2.57. The van der Waals surface area contributed by atoms with E-state index in [1.54, 1.807) is 32.3 Å². The Morgan fingerprint density at radius 3 is 2.41 bits per heavy atom. The number of amides is 1. The fraction of sp³-hybridized carbons (Fsp3) is 0.300. The van der Waals surface area contributed by atoms with Crippen LogP contribution in [0.3, 0.4) is 0 Å². The van der Waals surface area contributed by atoms with Crippen molar-refractivity contribution in [2.24, 2.45) is 4.99 Å². The molecular formula is C20H26FIN4O. The first-order valence-electron chi connectivity index (χ1n) is 8.63. The number of rotatable bonds is 7. The van der Waals surface area contributed by atoms with Crippen LogP contribution in [0.1, 0.15) is 21.5 Å². The maximum absolute atomic E-state index is 13.6. The van der Waals surface area contributed by atoms with Crippen LogP contribution in [-0.4, -0.2) is 39.1 Å². The summed E-state index contributed by atoms with van der Waals surface area (Å²) in [6.45, 7) is 1.27. The highest BCUT2D eigenvalue weighted by Crippen LogP contribution is 2.07. The van der Waals surface area contributed by atoms with Gasteiger partial charge >= 0.3 is 0 Å². The third-order valence-electron chi connectivity index (χ3n) is 3.99. The lowest BCUT2D eigenvalue weighted by atomic mass is 10.1. The molecule has 0 bridgehead atoms. The van der Waals surface area contributed by atoms with E-state index in [9.17, 15) is 9.18 Å². The molecular weight excluding hydrogens is 458 g/mol. The number of carbonyl (C=O) groups is 1. The number of hydrogen-bond acceptors (Lipinski definition) is 2. The smallest absolute Gasteiger partial charge is 0.251 e. The minimum absolute atomic E-state index is 0. The van der Waals surface area contributed by atoms with Crippen LogP contribution in [0.15, 0.2) is 53.5 Å². The molecule has 0 saturated heterocycles. The third-order valence-corrected chi connectivity index (χ3v) is 3.99. The second-order valence-corrected chi connectivity index (χ2v) is 5.80. The first-order valence-corrected chi connectivity index (χ1v) is 8.63. The zero-order valence-electron chi connectivity index (χ0n) is 15.6. The number of carbonyl (C=O) groups excluding carboxylic acids is 1. The second-order valence-electron chi connectivity index (χ2n) is 5.80. The molecule has 0 saturated carbocycles. The molecule has 1 amide bonds. The lowest BCUT2D eigenvalue weighted by molar-refractivity contribution is 0.0963. The Labute approximate surface area is 176 Å². The van der Waals surface area contributed by atoms with Gasteiger partial charge in [-0.25, -0.2) is 4.39 Å². The lowest BCUT2D eigenvalue weighted by Gasteiger charge is -2.12. The summed E-state index contributed by atoms with van der Waals surface area (Å²) in [6, 6.07) is 14.3. The van der Waals surface area contributed by atoms with Crippen molar-refractivity contribution >= 4 is 35.8 Å². The normalized spacial score (nSPS) is 10.7. The summed E-state index contributed by atoms with van der Waals surface area (Å²) in [6.07, 6.45) is 1.35. The van der Waals surface area contributed by atoms with Crippen molar-refractivity contribution < 1.29 is 9.18 Å². The predicted octanol–water partition coefficient (Wildman–Crippen LogP) is 2.75. The largest absolute Gasteiger partial charge is 0.356 e. The Kier molecular flexibility index (Phi) is 10.4. The maximum Gasteiger partial charge on any atom is 0.251 e. The molecule has 2 aromatic rings. The first kappa shape index (κ1) is 22.9. The van der Waals surface area contributed by atoms with Crippen LogP contribution in [0.4, 0.5) is 4.39 Å². The topological polar surface area (TPSA) is 65.5 Å². The minimum atomic E-state index is -0.187. The van der Waals surface area contributed by atoms with Gasteiger partial charge in [0.15, 0.2) is 5.96 Å². The van der Waals surface area contributed by atoms with Crippen LogP contribution in [0, 0.1) is 5.82 Å². The van der Waals surface area contributed by atoms with Crippen molar-refractivity contribution in [3.63, 3.8) is 0 Å². The molecule has 0 aliphatic heterocycles. The summed E-state index contributed by atoms with van der Waals surface area (Å²) in [5.74, 6) is 0.391. The number of guanidine groups is 1. The van der Waals surface area contributed by atoms with E-state index in [2.05, 4.69) is 20.9 Å². The van der Waals surface area contributed by atoms with Gasteiger partial charge in [-0.05, 0) is 42.2 Å². The van der Waals surface area contributed by atoms with Crippen LogP contribution < -0.4 is 16.0 Å². The number of nitrogens with zero attached hydrogens (tertiary/aromatic N) is 1. The van der Waals surface area contributed by atoms with Crippen molar-refractivity contribution in [3.05, 3.63) is 71.0 Å². The minimum Gasteiger partial charge on any atom is -0.356 e. The van der Waals surface area contributed by atoms with Gasteiger partial charge in [0.2, 0.25) is 0 Å². The molecule has 5 nitrogen and oxygen atoms in total. The molecule has 0 unspecified atom stereocenters. The summed E-state index contributed by atoms with van der Waals surface area (Å²) in [7, 11) is 3.32. The summed E-state index contributed by atoms with van der Waals surface area (Å²) < 4.78 is 13.6. The first-order chi connectivity index (χ1) is 12.6. The monoisotopic (exact) mass is 484 g/mol. The Morgan fingerprint density at radius 2 is 1.74 bits per heavy atom.